The highest BCUT2D eigenvalue weighted by molar-refractivity contribution is 9.10. The van der Waals surface area contributed by atoms with Gasteiger partial charge in [-0.3, -0.25) is 0 Å². The third kappa shape index (κ3) is 2.02. The Morgan fingerprint density at radius 2 is 2.12 bits per heavy atom. The molecule has 2 aromatic rings. The number of aromatic nitrogens is 4. The van der Waals surface area contributed by atoms with Crippen molar-refractivity contribution in [1.82, 2.24) is 19.8 Å². The van der Waals surface area contributed by atoms with E-state index in [9.17, 15) is 8.78 Å². The van der Waals surface area contributed by atoms with Gasteiger partial charge in [-0.05, 0) is 40.9 Å². The maximum Gasteiger partial charge on any atom is 0.419 e. The van der Waals surface area contributed by atoms with Gasteiger partial charge in [0.25, 0.3) is 5.82 Å². The summed E-state index contributed by atoms with van der Waals surface area (Å²) in [6.07, 6.45) is -2.54. The molecule has 0 spiro atoms. The van der Waals surface area contributed by atoms with Gasteiger partial charge < -0.3 is 4.74 Å². The number of rotatable bonds is 3. The normalized spacial score (nSPS) is 16.6. The van der Waals surface area contributed by atoms with Crippen molar-refractivity contribution in [2.45, 2.75) is 25.1 Å². The average Bonchev–Trinajstić information content (AvgIpc) is 2.95. The molecule has 5 nitrogen and oxygen atoms in total. The van der Waals surface area contributed by atoms with Crippen LogP contribution < -0.4 is 0 Å². The standard InChI is InChI=1S/C9H7BrF2N4O/c10-6-3-4-7-13-14-8(16(7)15-6)9(11,12)17-5-1-2-5/h3-5H,1-2H2. The molecule has 0 saturated heterocycles. The third-order valence-electron chi connectivity index (χ3n) is 2.33. The van der Waals surface area contributed by atoms with E-state index in [1.807, 2.05) is 0 Å². The number of alkyl halides is 2. The summed E-state index contributed by atoms with van der Waals surface area (Å²) in [7, 11) is 0. The smallest absolute Gasteiger partial charge is 0.311 e. The van der Waals surface area contributed by atoms with Gasteiger partial charge in [0.15, 0.2) is 5.65 Å². The highest BCUT2D eigenvalue weighted by Gasteiger charge is 2.44. The highest BCUT2D eigenvalue weighted by atomic mass is 79.9. The van der Waals surface area contributed by atoms with Crippen LogP contribution in [0.5, 0.6) is 0 Å². The van der Waals surface area contributed by atoms with Gasteiger partial charge in [0, 0.05) is 0 Å². The van der Waals surface area contributed by atoms with E-state index in [0.717, 1.165) is 4.52 Å². The molecule has 0 bridgehead atoms. The Balaban J connectivity index is 2.06. The summed E-state index contributed by atoms with van der Waals surface area (Å²) in [5, 5.41) is 10.9. The highest BCUT2D eigenvalue weighted by Crippen LogP contribution is 2.36. The summed E-state index contributed by atoms with van der Waals surface area (Å²) >= 11 is 3.11. The fourth-order valence-corrected chi connectivity index (χ4v) is 1.69. The molecule has 1 aliphatic rings. The van der Waals surface area contributed by atoms with Gasteiger partial charge >= 0.3 is 6.11 Å². The maximum atomic E-state index is 13.7. The molecule has 1 aliphatic carbocycles. The monoisotopic (exact) mass is 304 g/mol. The summed E-state index contributed by atoms with van der Waals surface area (Å²) < 4.78 is 33.5. The largest absolute Gasteiger partial charge is 0.419 e. The Labute approximate surface area is 103 Å². The van der Waals surface area contributed by atoms with E-state index in [1.165, 1.54) is 0 Å². The molecule has 0 atom stereocenters. The molecule has 90 valence electrons. The Morgan fingerprint density at radius 3 is 2.82 bits per heavy atom. The van der Waals surface area contributed by atoms with Crippen molar-refractivity contribution in [3.63, 3.8) is 0 Å². The molecule has 8 heteroatoms. The molecule has 0 radical (unpaired) electrons. The molecule has 0 amide bonds. The van der Waals surface area contributed by atoms with Gasteiger partial charge in [-0.2, -0.15) is 18.4 Å². The second kappa shape index (κ2) is 3.67. The van der Waals surface area contributed by atoms with Crippen LogP contribution in [0.25, 0.3) is 5.65 Å². The van der Waals surface area contributed by atoms with E-state index in [0.29, 0.717) is 17.4 Å². The Hall–Kier alpha value is -1.15. The van der Waals surface area contributed by atoms with E-state index >= 15 is 0 Å². The lowest BCUT2D eigenvalue weighted by Gasteiger charge is -2.13. The molecule has 0 aromatic carbocycles. The van der Waals surface area contributed by atoms with Crippen LogP contribution in [0.3, 0.4) is 0 Å². The van der Waals surface area contributed by atoms with Crippen molar-refractivity contribution in [1.29, 1.82) is 0 Å². The van der Waals surface area contributed by atoms with E-state index in [4.69, 9.17) is 0 Å². The summed E-state index contributed by atoms with van der Waals surface area (Å²) in [5.74, 6) is -0.597. The number of halogens is 3. The minimum atomic E-state index is -3.46. The lowest BCUT2D eigenvalue weighted by molar-refractivity contribution is -0.261. The number of ether oxygens (including phenoxy) is 1. The molecule has 0 aliphatic heterocycles. The minimum absolute atomic E-state index is 0.252. The van der Waals surface area contributed by atoms with Gasteiger partial charge in [0.05, 0.1) is 6.10 Å². The van der Waals surface area contributed by atoms with Crippen LogP contribution in [0.4, 0.5) is 8.78 Å². The summed E-state index contributed by atoms with van der Waals surface area (Å²) in [6, 6.07) is 3.15. The molecule has 0 N–H and O–H groups in total. The fraction of sp³-hybridized carbons (Fsp3) is 0.444. The fourth-order valence-electron chi connectivity index (χ4n) is 1.40. The predicted octanol–water partition coefficient (Wildman–Crippen LogP) is 2.12. The topological polar surface area (TPSA) is 52.3 Å². The van der Waals surface area contributed by atoms with Crippen LogP contribution in [0.2, 0.25) is 0 Å². The third-order valence-corrected chi connectivity index (χ3v) is 2.75. The predicted molar refractivity (Wildman–Crippen MR) is 56.5 cm³/mol. The number of fused-ring (bicyclic) bond motifs is 1. The van der Waals surface area contributed by atoms with Crippen molar-refractivity contribution in [2.24, 2.45) is 0 Å². The van der Waals surface area contributed by atoms with Crippen molar-refractivity contribution in [3.8, 4) is 0 Å². The van der Waals surface area contributed by atoms with Crippen LogP contribution >= 0.6 is 15.9 Å². The zero-order valence-corrected chi connectivity index (χ0v) is 10.1. The van der Waals surface area contributed by atoms with Crippen molar-refractivity contribution >= 4 is 21.6 Å². The average molecular weight is 305 g/mol. The van der Waals surface area contributed by atoms with Crippen LogP contribution in [0, 0.1) is 0 Å². The number of hydrogen-bond acceptors (Lipinski definition) is 4. The first kappa shape index (κ1) is 11.0. The van der Waals surface area contributed by atoms with Crippen molar-refractivity contribution in [3.05, 3.63) is 22.6 Å². The summed E-state index contributed by atoms with van der Waals surface area (Å²) in [6.45, 7) is 0. The second-order valence-electron chi connectivity index (χ2n) is 3.78. The molecule has 2 aromatic heterocycles. The molecule has 17 heavy (non-hydrogen) atoms. The molecule has 2 heterocycles. The van der Waals surface area contributed by atoms with E-state index < -0.39 is 11.9 Å². The minimum Gasteiger partial charge on any atom is -0.311 e. The molecular weight excluding hydrogens is 298 g/mol. The van der Waals surface area contributed by atoms with Gasteiger partial charge in [0.1, 0.15) is 4.60 Å². The first-order chi connectivity index (χ1) is 8.06. The molecule has 3 rings (SSSR count). The van der Waals surface area contributed by atoms with E-state index in [-0.39, 0.29) is 11.8 Å². The molecule has 1 saturated carbocycles. The SMILES string of the molecule is FC(F)(OC1CC1)c1nnc2ccc(Br)nn12. The second-order valence-corrected chi connectivity index (χ2v) is 4.60. The van der Waals surface area contributed by atoms with Gasteiger partial charge in [-0.1, -0.05) is 0 Å². The first-order valence-electron chi connectivity index (χ1n) is 5.00. The van der Waals surface area contributed by atoms with Crippen LogP contribution in [-0.2, 0) is 10.8 Å². The summed E-state index contributed by atoms with van der Waals surface area (Å²) in [4.78, 5) is 0. The van der Waals surface area contributed by atoms with E-state index in [1.54, 1.807) is 12.1 Å². The Kier molecular flexibility index (Phi) is 2.37. The van der Waals surface area contributed by atoms with Gasteiger partial charge in [-0.15, -0.1) is 10.2 Å². The number of nitrogens with zero attached hydrogens (tertiary/aromatic N) is 4. The first-order valence-corrected chi connectivity index (χ1v) is 5.79. The van der Waals surface area contributed by atoms with Crippen molar-refractivity contribution < 1.29 is 13.5 Å². The van der Waals surface area contributed by atoms with Crippen LogP contribution in [0.1, 0.15) is 18.7 Å². The van der Waals surface area contributed by atoms with Crippen LogP contribution in [-0.4, -0.2) is 25.9 Å². The Morgan fingerprint density at radius 1 is 1.35 bits per heavy atom. The van der Waals surface area contributed by atoms with E-state index in [2.05, 4.69) is 36.0 Å². The zero-order chi connectivity index (χ0) is 12.0. The quantitative estimate of drug-likeness (QED) is 0.871. The van der Waals surface area contributed by atoms with Crippen molar-refractivity contribution in [2.75, 3.05) is 0 Å². The summed E-state index contributed by atoms with van der Waals surface area (Å²) in [5.41, 5.74) is 0.252. The molecular formula is C9H7BrF2N4O. The maximum absolute atomic E-state index is 13.7. The lowest BCUT2D eigenvalue weighted by atomic mass is 10.5. The number of hydrogen-bond donors (Lipinski definition) is 0. The lowest BCUT2D eigenvalue weighted by Crippen LogP contribution is -2.23. The Bertz CT molecular complexity index is 569. The van der Waals surface area contributed by atoms with Gasteiger partial charge in [-0.25, -0.2) is 0 Å². The molecule has 1 fully saturated rings. The van der Waals surface area contributed by atoms with Gasteiger partial charge in [0.2, 0.25) is 0 Å². The van der Waals surface area contributed by atoms with Crippen LogP contribution in [0.15, 0.2) is 16.7 Å². The molecule has 0 unspecified atom stereocenters. The zero-order valence-electron chi connectivity index (χ0n) is 8.48.